The number of nitrogens with zero attached hydrogens (tertiary/aromatic N) is 4. The van der Waals surface area contributed by atoms with Crippen molar-refractivity contribution in [2.24, 2.45) is 11.8 Å². The molecule has 5 aromatic heterocycles. The van der Waals surface area contributed by atoms with Crippen LogP contribution in [0, 0.1) is 16.6 Å². The molecule has 0 spiro atoms. The number of aromatic amines is 3. The average Bonchev–Trinajstić information content (AvgIpc) is 3.75. The van der Waals surface area contributed by atoms with E-state index < -0.39 is 0 Å². The average molecular weight is 620 g/mol. The number of aromatic nitrogens is 7. The fourth-order valence-corrected chi connectivity index (χ4v) is 6.61. The van der Waals surface area contributed by atoms with E-state index in [1.165, 1.54) is 23.4 Å². The lowest BCUT2D eigenvalue weighted by Crippen LogP contribution is -2.25. The molecule has 45 heavy (non-hydrogen) atoms. The number of ketones is 2. The number of imidazole rings is 2. The minimum Gasteiger partial charge on any atom is -0.348 e. The molecular weight excluding hydrogens is 582 g/mol. The normalized spacial score (nSPS) is 18.3. The van der Waals surface area contributed by atoms with Gasteiger partial charge in [0.1, 0.15) is 0 Å². The molecule has 0 bridgehead atoms. The first-order chi connectivity index (χ1) is 22.0. The van der Waals surface area contributed by atoms with Crippen molar-refractivity contribution in [2.75, 3.05) is 0 Å². The molecule has 9 nitrogen and oxygen atoms in total. The zero-order valence-corrected chi connectivity index (χ0v) is 26.0. The quantitative estimate of drug-likeness (QED) is 0.204. The Balaban J connectivity index is 0.000000122. The summed E-state index contributed by atoms with van der Waals surface area (Å²) in [7, 11) is 0. The summed E-state index contributed by atoms with van der Waals surface area (Å²) >= 11 is 5.04. The Morgan fingerprint density at radius 2 is 1.51 bits per heavy atom. The molecule has 2 unspecified atom stereocenters. The maximum absolute atomic E-state index is 12.3. The Bertz CT molecular complexity index is 1810. The summed E-state index contributed by atoms with van der Waals surface area (Å²) in [6.07, 6.45) is 20.5. The molecule has 0 aliphatic heterocycles. The molecule has 0 amide bonds. The number of nitrogens with one attached hydrogen (secondary N) is 3. The number of fused-ring (bicyclic) bond motifs is 3. The van der Waals surface area contributed by atoms with Crippen LogP contribution in [0.5, 0.6) is 0 Å². The molecule has 10 heteroatoms. The van der Waals surface area contributed by atoms with E-state index in [4.69, 9.17) is 12.2 Å². The smallest absolute Gasteiger partial charge is 0.174 e. The molecule has 0 saturated heterocycles. The second-order valence-electron chi connectivity index (χ2n) is 11.8. The van der Waals surface area contributed by atoms with Crippen LogP contribution in [0.25, 0.3) is 0 Å². The molecule has 8 rings (SSSR count). The minimum absolute atomic E-state index is 0.0622. The fourth-order valence-electron chi connectivity index (χ4n) is 6.42. The first-order valence-electron chi connectivity index (χ1n) is 15.6. The van der Waals surface area contributed by atoms with Crippen LogP contribution in [-0.4, -0.2) is 46.5 Å². The number of hydrogen-bond donors (Lipinski definition) is 3. The van der Waals surface area contributed by atoms with Gasteiger partial charge < -0.3 is 15.0 Å². The van der Waals surface area contributed by atoms with E-state index in [9.17, 15) is 9.59 Å². The zero-order chi connectivity index (χ0) is 31.0. The van der Waals surface area contributed by atoms with Gasteiger partial charge in [0.05, 0.1) is 17.7 Å². The van der Waals surface area contributed by atoms with Crippen molar-refractivity contribution in [3.8, 4) is 0 Å². The van der Waals surface area contributed by atoms with E-state index in [0.717, 1.165) is 84.3 Å². The second kappa shape index (κ2) is 14.5. The number of aryl methyl sites for hydroxylation is 3. The Kier molecular flexibility index (Phi) is 9.80. The topological polar surface area (TPSA) is 133 Å². The summed E-state index contributed by atoms with van der Waals surface area (Å²) in [5, 5.41) is 0. The highest BCUT2D eigenvalue weighted by atomic mass is 32.1. The lowest BCUT2D eigenvalue weighted by atomic mass is 9.83. The summed E-state index contributed by atoms with van der Waals surface area (Å²) in [5.74, 6) is 1.23. The van der Waals surface area contributed by atoms with Gasteiger partial charge in [0.25, 0.3) is 0 Å². The molecule has 0 saturated carbocycles. The lowest BCUT2D eigenvalue weighted by Gasteiger charge is -2.23. The van der Waals surface area contributed by atoms with Gasteiger partial charge in [0.2, 0.25) is 0 Å². The van der Waals surface area contributed by atoms with Gasteiger partial charge in [-0.25, -0.2) is 4.98 Å². The predicted molar refractivity (Wildman–Crippen MR) is 174 cm³/mol. The number of pyridine rings is 3. The highest BCUT2D eigenvalue weighted by Crippen LogP contribution is 2.27. The summed E-state index contributed by atoms with van der Waals surface area (Å²) in [6, 6.07) is 11.6. The number of Topliss-reactive ketones (excluding diaryl/α,β-unsaturated/α-hetero) is 2. The molecule has 3 aliphatic carbocycles. The van der Waals surface area contributed by atoms with Crippen molar-refractivity contribution >= 4 is 23.8 Å². The third kappa shape index (κ3) is 7.75. The van der Waals surface area contributed by atoms with Crippen LogP contribution in [0.1, 0.15) is 80.4 Å². The number of rotatable bonds is 4. The zero-order valence-electron chi connectivity index (χ0n) is 25.2. The Labute approximate surface area is 267 Å². The summed E-state index contributed by atoms with van der Waals surface area (Å²) < 4.78 is 0.720. The van der Waals surface area contributed by atoms with Crippen LogP contribution < -0.4 is 0 Å². The monoisotopic (exact) mass is 619 g/mol. The van der Waals surface area contributed by atoms with Crippen molar-refractivity contribution in [3.05, 3.63) is 124 Å². The van der Waals surface area contributed by atoms with Crippen LogP contribution in [0.3, 0.4) is 0 Å². The van der Waals surface area contributed by atoms with Crippen molar-refractivity contribution in [3.63, 3.8) is 0 Å². The number of H-pyrrole nitrogens is 3. The van der Waals surface area contributed by atoms with Crippen LogP contribution in [-0.2, 0) is 38.5 Å². The van der Waals surface area contributed by atoms with Gasteiger partial charge in [-0.3, -0.25) is 24.5 Å². The first kappa shape index (κ1) is 30.5. The van der Waals surface area contributed by atoms with Gasteiger partial charge in [-0.05, 0) is 112 Å². The summed E-state index contributed by atoms with van der Waals surface area (Å²) in [4.78, 5) is 49.6. The van der Waals surface area contributed by atoms with Crippen molar-refractivity contribution in [1.82, 2.24) is 34.9 Å². The molecule has 3 N–H and O–H groups in total. The molecule has 3 aliphatic rings. The van der Waals surface area contributed by atoms with Gasteiger partial charge in [-0.2, -0.15) is 0 Å². The Morgan fingerprint density at radius 3 is 2.24 bits per heavy atom. The van der Waals surface area contributed by atoms with Gasteiger partial charge in [-0.1, -0.05) is 6.07 Å². The first-order valence-corrected chi connectivity index (χ1v) is 16.1. The number of carbonyl (C=O) groups excluding carboxylic acids is 2. The standard InChI is InChI=1S/C13H13N3O.C13H15N3S.C9H9NO/c17-13-9(6-10-7-14-8-16-10)3-4-12-11(13)2-1-5-15-12;17-13-15-8-11(16-13)7-9-3-4-12-10(6-9)2-1-5-14-12;11-9-5-1-4-8-7(9)3-2-6-10-8/h1-2,5,7-9H,3-4,6H2,(H,14,16);1-2,5,8-9H,3-4,6-7H2,(H2,15,16,17);2-3,6H,1,4-5H2. The summed E-state index contributed by atoms with van der Waals surface area (Å²) in [6.45, 7) is 0. The maximum Gasteiger partial charge on any atom is 0.174 e. The van der Waals surface area contributed by atoms with Crippen LogP contribution in [0.15, 0.2) is 73.7 Å². The van der Waals surface area contributed by atoms with E-state index in [1.807, 2.05) is 42.7 Å². The highest BCUT2D eigenvalue weighted by molar-refractivity contribution is 7.71. The SMILES string of the molecule is O=C1CCCc2ncccc21.O=C1c2cccnc2CCC1Cc1cnc[nH]1.S=c1[nH]cc(CC2CCc3ncccc3C2)[nH]1. The van der Waals surface area contributed by atoms with Crippen molar-refractivity contribution in [1.29, 1.82) is 0 Å². The Morgan fingerprint density at radius 1 is 0.778 bits per heavy atom. The van der Waals surface area contributed by atoms with Crippen LogP contribution in [0.4, 0.5) is 0 Å². The fraction of sp³-hybridized carbons (Fsp3) is 0.343. The molecule has 5 aromatic rings. The maximum atomic E-state index is 12.3. The number of carbonyl (C=O) groups is 2. The molecular formula is C35H37N7O2S. The third-order valence-corrected chi connectivity index (χ3v) is 8.95. The number of hydrogen-bond acceptors (Lipinski definition) is 7. The van der Waals surface area contributed by atoms with E-state index >= 15 is 0 Å². The van der Waals surface area contributed by atoms with Crippen LogP contribution >= 0.6 is 12.2 Å². The lowest BCUT2D eigenvalue weighted by molar-refractivity contribution is 0.0898. The molecule has 2 atom stereocenters. The predicted octanol–water partition coefficient (Wildman–Crippen LogP) is 6.21. The van der Waals surface area contributed by atoms with E-state index in [1.54, 1.807) is 24.9 Å². The second-order valence-corrected chi connectivity index (χ2v) is 12.3. The molecule has 5 heterocycles. The molecule has 230 valence electrons. The van der Waals surface area contributed by atoms with Gasteiger partial charge in [-0.15, -0.1) is 0 Å². The van der Waals surface area contributed by atoms with E-state index in [-0.39, 0.29) is 17.5 Å². The van der Waals surface area contributed by atoms with Gasteiger partial charge in [0, 0.05) is 71.5 Å². The third-order valence-electron chi connectivity index (χ3n) is 8.73. The van der Waals surface area contributed by atoms with Gasteiger partial charge in [0.15, 0.2) is 16.3 Å². The Hall–Kier alpha value is -4.57. The molecule has 0 aromatic carbocycles. The van der Waals surface area contributed by atoms with Crippen molar-refractivity contribution in [2.45, 2.75) is 64.2 Å². The van der Waals surface area contributed by atoms with E-state index in [0.29, 0.717) is 12.3 Å². The van der Waals surface area contributed by atoms with E-state index in [2.05, 4.69) is 41.0 Å². The minimum atomic E-state index is 0.0622. The van der Waals surface area contributed by atoms with Gasteiger partial charge >= 0.3 is 0 Å². The largest absolute Gasteiger partial charge is 0.348 e. The molecule has 0 fully saturated rings. The molecule has 0 radical (unpaired) electrons. The van der Waals surface area contributed by atoms with Crippen LogP contribution in [0.2, 0.25) is 0 Å². The highest BCUT2D eigenvalue weighted by Gasteiger charge is 2.28. The summed E-state index contributed by atoms with van der Waals surface area (Å²) in [5.41, 5.74) is 8.48. The van der Waals surface area contributed by atoms with Crippen molar-refractivity contribution < 1.29 is 9.59 Å².